The molecule has 0 aromatic heterocycles. The minimum Gasteiger partial charge on any atom is -0.481 e. The van der Waals surface area contributed by atoms with Crippen LogP contribution in [0.1, 0.15) is 26.7 Å². The van der Waals surface area contributed by atoms with Crippen molar-refractivity contribution in [2.75, 3.05) is 27.2 Å². The number of hydrogen-bond acceptors (Lipinski definition) is 4. The summed E-state index contributed by atoms with van der Waals surface area (Å²) in [5.41, 5.74) is 0. The fourth-order valence-electron chi connectivity index (χ4n) is 1.81. The lowest BCUT2D eigenvalue weighted by Gasteiger charge is -2.25. The van der Waals surface area contributed by atoms with E-state index in [0.717, 1.165) is 13.0 Å². The topological polar surface area (TPSA) is 72.8 Å². The van der Waals surface area contributed by atoms with E-state index in [1.54, 1.807) is 0 Å². The summed E-state index contributed by atoms with van der Waals surface area (Å²) >= 11 is 0. The van der Waals surface area contributed by atoms with Crippen molar-refractivity contribution in [3.05, 3.63) is 0 Å². The molecule has 0 saturated carbocycles. The zero-order valence-electron chi connectivity index (χ0n) is 11.3. The van der Waals surface area contributed by atoms with E-state index in [2.05, 4.69) is 24.1 Å². The largest absolute Gasteiger partial charge is 0.481 e. The Morgan fingerprint density at radius 3 is 2.35 bits per heavy atom. The molecule has 0 aromatic rings. The van der Waals surface area contributed by atoms with E-state index in [1.807, 2.05) is 14.1 Å². The third-order valence-corrected chi connectivity index (χ3v) is 2.39. The maximum Gasteiger partial charge on any atom is 0.306 e. The minimum absolute atomic E-state index is 0.205. The molecule has 0 bridgehead atoms. The van der Waals surface area contributed by atoms with Crippen LogP contribution >= 0.6 is 0 Å². The fraction of sp³-hybridized carbons (Fsp3) is 0.917. The van der Waals surface area contributed by atoms with Gasteiger partial charge >= 0.3 is 5.97 Å². The van der Waals surface area contributed by atoms with Crippen molar-refractivity contribution < 1.29 is 15.0 Å². The standard InChI is InChI=1S/C12H26N2O3/c1-9(2)5-10(8-14(3)4)13-7-11(15)6-12(16)17/h9-11,13,15H,5-8H2,1-4H3,(H,16,17). The maximum atomic E-state index is 10.4. The number of rotatable bonds is 9. The van der Waals surface area contributed by atoms with Crippen molar-refractivity contribution in [3.63, 3.8) is 0 Å². The summed E-state index contributed by atoms with van der Waals surface area (Å²) in [4.78, 5) is 12.5. The highest BCUT2D eigenvalue weighted by Gasteiger charge is 2.15. The van der Waals surface area contributed by atoms with Gasteiger partial charge in [0.15, 0.2) is 0 Å². The van der Waals surface area contributed by atoms with Gasteiger partial charge in [0.25, 0.3) is 0 Å². The first kappa shape index (κ1) is 16.4. The zero-order valence-corrected chi connectivity index (χ0v) is 11.3. The van der Waals surface area contributed by atoms with Crippen molar-refractivity contribution in [1.29, 1.82) is 0 Å². The molecule has 0 rings (SSSR count). The summed E-state index contributed by atoms with van der Waals surface area (Å²) < 4.78 is 0. The predicted molar refractivity (Wildman–Crippen MR) is 68.1 cm³/mol. The monoisotopic (exact) mass is 246 g/mol. The molecule has 17 heavy (non-hydrogen) atoms. The second kappa shape index (κ2) is 8.44. The molecule has 0 aliphatic rings. The van der Waals surface area contributed by atoms with Gasteiger partial charge in [-0.25, -0.2) is 0 Å². The van der Waals surface area contributed by atoms with Crippen molar-refractivity contribution in [2.24, 2.45) is 5.92 Å². The molecule has 5 heteroatoms. The van der Waals surface area contributed by atoms with Crippen molar-refractivity contribution >= 4 is 5.97 Å². The molecule has 0 aliphatic heterocycles. The van der Waals surface area contributed by atoms with Crippen LogP contribution < -0.4 is 5.32 Å². The Morgan fingerprint density at radius 1 is 1.35 bits per heavy atom. The van der Waals surface area contributed by atoms with Gasteiger partial charge in [0.1, 0.15) is 0 Å². The molecule has 0 saturated heterocycles. The number of nitrogens with one attached hydrogen (secondary N) is 1. The number of aliphatic carboxylic acids is 1. The van der Waals surface area contributed by atoms with Gasteiger partial charge in [-0.1, -0.05) is 13.8 Å². The lowest BCUT2D eigenvalue weighted by molar-refractivity contribution is -0.139. The van der Waals surface area contributed by atoms with Crippen molar-refractivity contribution in [2.45, 2.75) is 38.8 Å². The number of aliphatic hydroxyl groups excluding tert-OH is 1. The Balaban J connectivity index is 4.01. The number of carboxylic acids is 1. The Bertz CT molecular complexity index is 210. The van der Waals surface area contributed by atoms with Gasteiger partial charge in [0.05, 0.1) is 12.5 Å². The molecule has 0 aliphatic carbocycles. The Hall–Kier alpha value is -0.650. The second-order valence-corrected chi connectivity index (χ2v) is 5.25. The van der Waals surface area contributed by atoms with E-state index in [9.17, 15) is 9.90 Å². The lowest BCUT2D eigenvalue weighted by atomic mass is 10.0. The first-order chi connectivity index (χ1) is 7.81. The van der Waals surface area contributed by atoms with E-state index in [-0.39, 0.29) is 12.5 Å². The molecule has 102 valence electrons. The average Bonchev–Trinajstić information content (AvgIpc) is 2.11. The quantitative estimate of drug-likeness (QED) is 0.549. The number of carboxylic acid groups (broad SMARTS) is 1. The summed E-state index contributed by atoms with van der Waals surface area (Å²) in [6, 6.07) is 0.286. The Kier molecular flexibility index (Phi) is 8.12. The first-order valence-electron chi connectivity index (χ1n) is 6.09. The third kappa shape index (κ3) is 10.2. The minimum atomic E-state index is -0.965. The normalized spacial score (nSPS) is 15.2. The maximum absolute atomic E-state index is 10.4. The molecular weight excluding hydrogens is 220 g/mol. The number of carbonyl (C=O) groups is 1. The number of aliphatic hydroxyl groups is 1. The molecule has 0 radical (unpaired) electrons. The van der Waals surface area contributed by atoms with E-state index < -0.39 is 12.1 Å². The number of hydrogen-bond donors (Lipinski definition) is 3. The van der Waals surface area contributed by atoms with Crippen LogP contribution in [0.15, 0.2) is 0 Å². The molecule has 0 spiro atoms. The van der Waals surface area contributed by atoms with E-state index in [4.69, 9.17) is 5.11 Å². The van der Waals surface area contributed by atoms with Crippen LogP contribution in [-0.2, 0) is 4.79 Å². The van der Waals surface area contributed by atoms with Gasteiger partial charge in [-0.2, -0.15) is 0 Å². The second-order valence-electron chi connectivity index (χ2n) is 5.25. The molecule has 0 amide bonds. The van der Waals surface area contributed by atoms with Crippen LogP contribution in [0.5, 0.6) is 0 Å². The fourth-order valence-corrected chi connectivity index (χ4v) is 1.81. The van der Waals surface area contributed by atoms with Gasteiger partial charge in [-0.15, -0.1) is 0 Å². The van der Waals surface area contributed by atoms with Crippen LogP contribution in [-0.4, -0.2) is 60.4 Å². The highest BCUT2D eigenvalue weighted by Crippen LogP contribution is 2.05. The van der Waals surface area contributed by atoms with Crippen LogP contribution in [0, 0.1) is 5.92 Å². The molecule has 0 aromatic carbocycles. The summed E-state index contributed by atoms with van der Waals surface area (Å²) in [5, 5.41) is 21.3. The lowest BCUT2D eigenvalue weighted by Crippen LogP contribution is -2.43. The van der Waals surface area contributed by atoms with Crippen LogP contribution in [0.3, 0.4) is 0 Å². The van der Waals surface area contributed by atoms with Crippen molar-refractivity contribution in [1.82, 2.24) is 10.2 Å². The smallest absolute Gasteiger partial charge is 0.306 e. The van der Waals surface area contributed by atoms with Crippen LogP contribution in [0.2, 0.25) is 0 Å². The number of nitrogens with zero attached hydrogens (tertiary/aromatic N) is 1. The average molecular weight is 246 g/mol. The SMILES string of the molecule is CC(C)CC(CN(C)C)NCC(O)CC(=O)O. The summed E-state index contributed by atoms with van der Waals surface area (Å²) in [5.74, 6) is -0.392. The molecule has 0 heterocycles. The first-order valence-corrected chi connectivity index (χ1v) is 6.09. The predicted octanol–water partition coefficient (Wildman–Crippen LogP) is 0.388. The molecule has 3 N–H and O–H groups in total. The van der Waals surface area contributed by atoms with Gasteiger partial charge < -0.3 is 20.4 Å². The van der Waals surface area contributed by atoms with E-state index >= 15 is 0 Å². The summed E-state index contributed by atoms with van der Waals surface area (Å²) in [6.45, 7) is 5.52. The van der Waals surface area contributed by atoms with Gasteiger partial charge in [-0.3, -0.25) is 4.79 Å². The van der Waals surface area contributed by atoms with Crippen molar-refractivity contribution in [3.8, 4) is 0 Å². The van der Waals surface area contributed by atoms with Gasteiger partial charge in [-0.05, 0) is 26.4 Å². The van der Waals surface area contributed by atoms with E-state index in [1.165, 1.54) is 0 Å². The van der Waals surface area contributed by atoms with Gasteiger partial charge in [0, 0.05) is 19.1 Å². The highest BCUT2D eigenvalue weighted by molar-refractivity contribution is 5.67. The molecule has 5 nitrogen and oxygen atoms in total. The molecule has 2 unspecified atom stereocenters. The molecule has 2 atom stereocenters. The third-order valence-electron chi connectivity index (χ3n) is 2.39. The number of likely N-dealkylation sites (N-methyl/N-ethyl adjacent to an activating group) is 1. The molecular formula is C12H26N2O3. The van der Waals surface area contributed by atoms with Gasteiger partial charge in [0.2, 0.25) is 0 Å². The van der Waals surface area contributed by atoms with Crippen LogP contribution in [0.4, 0.5) is 0 Å². The zero-order chi connectivity index (χ0) is 13.4. The summed E-state index contributed by atoms with van der Waals surface area (Å²) in [7, 11) is 4.01. The highest BCUT2D eigenvalue weighted by atomic mass is 16.4. The Morgan fingerprint density at radius 2 is 1.94 bits per heavy atom. The molecule has 0 fully saturated rings. The summed E-state index contributed by atoms with van der Waals surface area (Å²) in [6.07, 6.45) is -0.00856. The Labute approximate surface area is 104 Å². The van der Waals surface area contributed by atoms with E-state index in [0.29, 0.717) is 12.5 Å². The van der Waals surface area contributed by atoms with Crippen LogP contribution in [0.25, 0.3) is 0 Å².